The molecule has 0 bridgehead atoms. The summed E-state index contributed by atoms with van der Waals surface area (Å²) in [5.41, 5.74) is 6.28. The number of aromatic nitrogens is 2. The van der Waals surface area contributed by atoms with Crippen molar-refractivity contribution in [3.05, 3.63) is 11.9 Å². The van der Waals surface area contributed by atoms with E-state index in [2.05, 4.69) is 10.4 Å². The topological polar surface area (TPSA) is 85.4 Å². The molecular formula is C11H21N5O2. The number of nitrogens with one attached hydrogen (secondary N) is 1. The number of likely N-dealkylation sites (N-methyl/N-ethyl adjacent to an activating group) is 1. The maximum atomic E-state index is 11.7. The van der Waals surface area contributed by atoms with Gasteiger partial charge < -0.3 is 20.7 Å². The second kappa shape index (κ2) is 6.97. The quantitative estimate of drug-likeness (QED) is 0.630. The molecule has 0 saturated heterocycles. The Hall–Kier alpha value is -1.60. The molecule has 0 fully saturated rings. The Labute approximate surface area is 107 Å². The van der Waals surface area contributed by atoms with E-state index >= 15 is 0 Å². The van der Waals surface area contributed by atoms with Gasteiger partial charge in [-0.25, -0.2) is 0 Å². The zero-order chi connectivity index (χ0) is 13.5. The Bertz CT molecular complexity index is 389. The molecule has 1 rings (SSSR count). The smallest absolute Gasteiger partial charge is 0.274 e. The summed E-state index contributed by atoms with van der Waals surface area (Å²) in [6.07, 6.45) is 1.60. The minimum absolute atomic E-state index is 0.255. The van der Waals surface area contributed by atoms with Crippen molar-refractivity contribution in [2.75, 3.05) is 46.1 Å². The molecule has 7 nitrogen and oxygen atoms in total. The normalized spacial score (nSPS) is 10.9. The maximum absolute atomic E-state index is 11.7. The SMILES string of the molecule is CN(C)CCOCCNC(=O)c1nn(C)cc1N. The van der Waals surface area contributed by atoms with Crippen molar-refractivity contribution in [3.8, 4) is 0 Å². The fraction of sp³-hybridized carbons (Fsp3) is 0.636. The number of aryl methyl sites for hydroxylation is 1. The van der Waals surface area contributed by atoms with Crippen molar-refractivity contribution < 1.29 is 9.53 Å². The number of anilines is 1. The number of nitrogens with two attached hydrogens (primary N) is 1. The van der Waals surface area contributed by atoms with Gasteiger partial charge in [-0.15, -0.1) is 0 Å². The number of rotatable bonds is 7. The van der Waals surface area contributed by atoms with Crippen molar-refractivity contribution in [2.45, 2.75) is 0 Å². The number of amides is 1. The molecule has 0 spiro atoms. The lowest BCUT2D eigenvalue weighted by Gasteiger charge is -2.10. The van der Waals surface area contributed by atoms with Gasteiger partial charge in [0.25, 0.3) is 5.91 Å². The fourth-order valence-corrected chi connectivity index (χ4v) is 1.35. The summed E-state index contributed by atoms with van der Waals surface area (Å²) in [7, 11) is 5.68. The van der Waals surface area contributed by atoms with Crippen LogP contribution < -0.4 is 11.1 Å². The van der Waals surface area contributed by atoms with Gasteiger partial charge in [0, 0.05) is 26.3 Å². The Morgan fingerprint density at radius 2 is 2.28 bits per heavy atom. The summed E-state index contributed by atoms with van der Waals surface area (Å²) in [5.74, 6) is -0.274. The van der Waals surface area contributed by atoms with Crippen LogP contribution in [-0.4, -0.2) is 61.0 Å². The number of carbonyl (C=O) groups is 1. The van der Waals surface area contributed by atoms with Gasteiger partial charge >= 0.3 is 0 Å². The summed E-state index contributed by atoms with van der Waals surface area (Å²) in [5, 5.41) is 6.69. The van der Waals surface area contributed by atoms with Gasteiger partial charge in [-0.3, -0.25) is 9.48 Å². The third kappa shape index (κ3) is 4.72. The van der Waals surface area contributed by atoms with E-state index in [9.17, 15) is 4.79 Å². The minimum Gasteiger partial charge on any atom is -0.396 e. The number of ether oxygens (including phenoxy) is 1. The summed E-state index contributed by atoms with van der Waals surface area (Å²) in [6.45, 7) is 2.43. The summed E-state index contributed by atoms with van der Waals surface area (Å²) < 4.78 is 6.86. The van der Waals surface area contributed by atoms with Gasteiger partial charge in [-0.05, 0) is 14.1 Å². The van der Waals surface area contributed by atoms with E-state index < -0.39 is 0 Å². The second-order valence-electron chi connectivity index (χ2n) is 4.28. The zero-order valence-electron chi connectivity index (χ0n) is 11.1. The molecule has 1 amide bonds. The van der Waals surface area contributed by atoms with Crippen LogP contribution in [0.5, 0.6) is 0 Å². The first-order chi connectivity index (χ1) is 8.50. The Kier molecular flexibility index (Phi) is 5.60. The van der Waals surface area contributed by atoms with E-state index in [1.807, 2.05) is 19.0 Å². The van der Waals surface area contributed by atoms with Crippen LogP contribution in [0.25, 0.3) is 0 Å². The van der Waals surface area contributed by atoms with Crippen molar-refractivity contribution in [2.24, 2.45) is 7.05 Å². The highest BCUT2D eigenvalue weighted by Gasteiger charge is 2.12. The highest BCUT2D eigenvalue weighted by Crippen LogP contribution is 2.06. The number of nitrogens with zero attached hydrogens (tertiary/aromatic N) is 3. The van der Waals surface area contributed by atoms with Crippen LogP contribution in [0.3, 0.4) is 0 Å². The summed E-state index contributed by atoms with van der Waals surface area (Å²) in [6, 6.07) is 0. The Morgan fingerprint density at radius 3 is 2.83 bits per heavy atom. The second-order valence-corrected chi connectivity index (χ2v) is 4.28. The molecule has 0 aromatic carbocycles. The van der Waals surface area contributed by atoms with Gasteiger partial charge in [-0.1, -0.05) is 0 Å². The van der Waals surface area contributed by atoms with Crippen LogP contribution in [0.2, 0.25) is 0 Å². The first-order valence-corrected chi connectivity index (χ1v) is 5.80. The van der Waals surface area contributed by atoms with Gasteiger partial charge in [0.15, 0.2) is 5.69 Å². The summed E-state index contributed by atoms with van der Waals surface area (Å²) in [4.78, 5) is 13.7. The van der Waals surface area contributed by atoms with Crippen LogP contribution in [0, 0.1) is 0 Å². The van der Waals surface area contributed by atoms with E-state index in [0.717, 1.165) is 6.54 Å². The lowest BCUT2D eigenvalue weighted by Crippen LogP contribution is -2.29. The molecule has 0 atom stereocenters. The molecule has 0 aliphatic heterocycles. The number of carbonyl (C=O) groups excluding carboxylic acids is 1. The lowest BCUT2D eigenvalue weighted by atomic mass is 10.3. The lowest BCUT2D eigenvalue weighted by molar-refractivity contribution is 0.0896. The van der Waals surface area contributed by atoms with E-state index in [1.54, 1.807) is 13.2 Å². The third-order valence-corrected chi connectivity index (χ3v) is 2.29. The van der Waals surface area contributed by atoms with E-state index in [4.69, 9.17) is 10.5 Å². The number of hydrogen-bond acceptors (Lipinski definition) is 5. The molecule has 0 unspecified atom stereocenters. The highest BCUT2D eigenvalue weighted by molar-refractivity contribution is 5.96. The van der Waals surface area contributed by atoms with E-state index in [-0.39, 0.29) is 11.6 Å². The predicted octanol–water partition coefficient (Wildman–Crippen LogP) is -0.690. The molecule has 0 aliphatic rings. The van der Waals surface area contributed by atoms with Gasteiger partial charge in [0.1, 0.15) is 0 Å². The molecule has 3 N–H and O–H groups in total. The van der Waals surface area contributed by atoms with E-state index in [0.29, 0.717) is 25.4 Å². The first kappa shape index (κ1) is 14.5. The third-order valence-electron chi connectivity index (χ3n) is 2.29. The van der Waals surface area contributed by atoms with Crippen molar-refractivity contribution >= 4 is 11.6 Å². The molecule has 0 saturated carbocycles. The molecular weight excluding hydrogens is 234 g/mol. The molecule has 1 aromatic heterocycles. The largest absolute Gasteiger partial charge is 0.396 e. The first-order valence-electron chi connectivity index (χ1n) is 5.80. The standard InChI is InChI=1S/C11H21N5O2/c1-15(2)5-7-18-6-4-13-11(17)10-9(12)8-16(3)14-10/h8H,4-7,12H2,1-3H3,(H,13,17). The maximum Gasteiger partial charge on any atom is 0.274 e. The van der Waals surface area contributed by atoms with Gasteiger partial charge in [-0.2, -0.15) is 5.10 Å². The molecule has 0 radical (unpaired) electrons. The van der Waals surface area contributed by atoms with Gasteiger partial charge in [0.05, 0.1) is 18.9 Å². The molecule has 102 valence electrons. The predicted molar refractivity (Wildman–Crippen MR) is 69.3 cm³/mol. The van der Waals surface area contributed by atoms with Gasteiger partial charge in [0.2, 0.25) is 0 Å². The molecule has 1 heterocycles. The molecule has 0 aliphatic carbocycles. The fourth-order valence-electron chi connectivity index (χ4n) is 1.35. The minimum atomic E-state index is -0.274. The van der Waals surface area contributed by atoms with Crippen LogP contribution in [-0.2, 0) is 11.8 Å². The van der Waals surface area contributed by atoms with Crippen molar-refractivity contribution in [3.63, 3.8) is 0 Å². The number of hydrogen-bond donors (Lipinski definition) is 2. The van der Waals surface area contributed by atoms with Crippen LogP contribution in [0.4, 0.5) is 5.69 Å². The van der Waals surface area contributed by atoms with Crippen LogP contribution in [0.15, 0.2) is 6.20 Å². The molecule has 18 heavy (non-hydrogen) atoms. The Morgan fingerprint density at radius 1 is 1.56 bits per heavy atom. The van der Waals surface area contributed by atoms with Crippen molar-refractivity contribution in [1.29, 1.82) is 0 Å². The summed E-state index contributed by atoms with van der Waals surface area (Å²) >= 11 is 0. The van der Waals surface area contributed by atoms with E-state index in [1.165, 1.54) is 4.68 Å². The molecule has 7 heteroatoms. The average Bonchev–Trinajstić information content (AvgIpc) is 2.62. The zero-order valence-corrected chi connectivity index (χ0v) is 11.1. The van der Waals surface area contributed by atoms with Crippen molar-refractivity contribution in [1.82, 2.24) is 20.0 Å². The van der Waals surface area contributed by atoms with Crippen LogP contribution in [0.1, 0.15) is 10.5 Å². The number of nitrogen functional groups attached to an aromatic ring is 1. The monoisotopic (exact) mass is 255 g/mol. The Balaban J connectivity index is 2.20. The van der Waals surface area contributed by atoms with Crippen LogP contribution >= 0.6 is 0 Å². The highest BCUT2D eigenvalue weighted by atomic mass is 16.5. The molecule has 1 aromatic rings. The average molecular weight is 255 g/mol.